The van der Waals surface area contributed by atoms with Crippen molar-refractivity contribution in [3.8, 4) is 17.0 Å². The molecule has 0 fully saturated rings. The highest BCUT2D eigenvalue weighted by Gasteiger charge is 2.39. The number of hydrogen-bond acceptors (Lipinski definition) is 5. The minimum atomic E-state index is -4.50. The van der Waals surface area contributed by atoms with E-state index in [1.54, 1.807) is 45.3 Å². The number of aromatic hydroxyl groups is 1. The smallest absolute Gasteiger partial charge is 0.433 e. The van der Waals surface area contributed by atoms with Crippen LogP contribution in [-0.2, 0) is 4.74 Å². The van der Waals surface area contributed by atoms with Gasteiger partial charge in [-0.05, 0) is 63.7 Å². The molecule has 1 N–H and O–H groups in total. The van der Waals surface area contributed by atoms with Gasteiger partial charge in [0.15, 0.2) is 0 Å². The zero-order chi connectivity index (χ0) is 20.1. The normalized spacial score (nSPS) is 16.8. The summed E-state index contributed by atoms with van der Waals surface area (Å²) in [6, 6.07) is 9.96. The fourth-order valence-electron chi connectivity index (χ4n) is 2.73. The molecule has 1 aliphatic rings. The van der Waals surface area contributed by atoms with Gasteiger partial charge in [-0.3, -0.25) is 4.98 Å². The third-order valence-corrected chi connectivity index (χ3v) is 5.71. The number of ether oxygens (including phenoxy) is 1. The van der Waals surface area contributed by atoms with Crippen LogP contribution < -0.4 is 0 Å². The van der Waals surface area contributed by atoms with Gasteiger partial charge in [-0.15, -0.1) is 0 Å². The molecule has 4 nitrogen and oxygen atoms in total. The molecule has 1 aromatic heterocycles. The monoisotopic (exact) mass is 520 g/mol. The maximum absolute atomic E-state index is 13.1. The number of pyridine rings is 1. The van der Waals surface area contributed by atoms with E-state index in [9.17, 15) is 18.3 Å². The van der Waals surface area contributed by atoms with E-state index in [0.29, 0.717) is 23.6 Å². The first-order valence-electron chi connectivity index (χ1n) is 8.33. The molecule has 28 heavy (non-hydrogen) atoms. The second kappa shape index (κ2) is 9.27. The van der Waals surface area contributed by atoms with Gasteiger partial charge >= 0.3 is 6.18 Å². The van der Waals surface area contributed by atoms with E-state index < -0.39 is 17.8 Å². The molecule has 9 heteroatoms. The predicted octanol–water partition coefficient (Wildman–Crippen LogP) is 5.42. The Balaban J connectivity index is 1.81. The molecule has 0 aliphatic carbocycles. The van der Waals surface area contributed by atoms with Crippen molar-refractivity contribution in [1.82, 2.24) is 4.98 Å². The van der Waals surface area contributed by atoms with E-state index in [-0.39, 0.29) is 12.4 Å². The van der Waals surface area contributed by atoms with Crippen LogP contribution in [0.15, 0.2) is 59.4 Å². The summed E-state index contributed by atoms with van der Waals surface area (Å²) in [6.07, 6.45) is -1.88. The van der Waals surface area contributed by atoms with E-state index in [1.807, 2.05) is 0 Å². The Morgan fingerprint density at radius 1 is 1.11 bits per heavy atom. The maximum atomic E-state index is 13.1. The van der Waals surface area contributed by atoms with Gasteiger partial charge in [-0.2, -0.15) is 13.2 Å². The summed E-state index contributed by atoms with van der Waals surface area (Å²) in [4.78, 5) is 8.16. The van der Waals surface area contributed by atoms with Crippen molar-refractivity contribution in [2.24, 2.45) is 10.9 Å². The van der Waals surface area contributed by atoms with E-state index >= 15 is 0 Å². The Kier molecular flexibility index (Phi) is 7.00. The molecule has 0 amide bonds. The van der Waals surface area contributed by atoms with Crippen molar-refractivity contribution in [3.63, 3.8) is 0 Å². The summed E-state index contributed by atoms with van der Waals surface area (Å²) in [5.41, 5.74) is 1.37. The topological polar surface area (TPSA) is 54.7 Å². The molecule has 0 radical (unpaired) electrons. The van der Waals surface area contributed by atoms with Gasteiger partial charge in [0.1, 0.15) is 11.4 Å². The summed E-state index contributed by atoms with van der Waals surface area (Å²) in [5.74, 6) is 0.339. The molecule has 0 bridgehead atoms. The highest BCUT2D eigenvalue weighted by atomic mass is 127. The average Bonchev–Trinajstić information content (AvgIpc) is 3.11. The van der Waals surface area contributed by atoms with Crippen LogP contribution in [0.1, 0.15) is 5.56 Å². The fourth-order valence-corrected chi connectivity index (χ4v) is 3.45. The lowest BCUT2D eigenvalue weighted by molar-refractivity contribution is -0.0922. The summed E-state index contributed by atoms with van der Waals surface area (Å²) in [6.45, 7) is 0.597. The van der Waals surface area contributed by atoms with Gasteiger partial charge in [0.05, 0.1) is 24.6 Å². The van der Waals surface area contributed by atoms with Crippen molar-refractivity contribution in [2.45, 2.75) is 6.18 Å². The van der Waals surface area contributed by atoms with E-state index in [0.717, 1.165) is 17.4 Å². The number of aliphatic imine (C=N–C) groups is 1. The Labute approximate surface area is 176 Å². The summed E-state index contributed by atoms with van der Waals surface area (Å²) < 4.78 is 44.9. The molecular formula is C19H16F3IN2O2S. The minimum Gasteiger partial charge on any atom is -0.508 e. The van der Waals surface area contributed by atoms with Crippen molar-refractivity contribution >= 4 is 35.9 Å². The number of rotatable bonds is 7. The van der Waals surface area contributed by atoms with Crippen LogP contribution in [0.4, 0.5) is 13.2 Å². The Hall–Kier alpha value is -1.59. The van der Waals surface area contributed by atoms with Crippen LogP contribution in [-0.4, -0.2) is 40.9 Å². The van der Waals surface area contributed by atoms with Crippen molar-refractivity contribution in [1.29, 1.82) is 0 Å². The van der Waals surface area contributed by atoms with Gasteiger partial charge in [-0.25, -0.2) is 4.99 Å². The molecular weight excluding hydrogens is 504 g/mol. The number of alkyl halides is 3. The van der Waals surface area contributed by atoms with Crippen LogP contribution in [0.3, 0.4) is 0 Å². The lowest BCUT2D eigenvalue weighted by Gasteiger charge is -2.12. The predicted molar refractivity (Wildman–Crippen MR) is 113 cm³/mol. The highest BCUT2D eigenvalue weighted by Crippen LogP contribution is 2.34. The number of allylic oxidation sites excluding steroid dienone is 1. The van der Waals surface area contributed by atoms with Gasteiger partial charge in [0.25, 0.3) is 0 Å². The quantitative estimate of drug-likeness (QED) is 0.392. The largest absolute Gasteiger partial charge is 0.508 e. The zero-order valence-electron chi connectivity index (χ0n) is 14.5. The molecule has 0 spiro atoms. The number of hydrogen-bond donors (Lipinski definition) is 1. The van der Waals surface area contributed by atoms with Crippen molar-refractivity contribution in [3.05, 3.63) is 59.9 Å². The van der Waals surface area contributed by atoms with Crippen LogP contribution in [0.25, 0.3) is 11.3 Å². The molecule has 148 valence electrons. The number of nitrogens with zero attached hydrogens (tertiary/aromatic N) is 2. The Bertz CT molecular complexity index is 868. The number of phenols is 1. The summed E-state index contributed by atoms with van der Waals surface area (Å²) in [7, 11) is 1.58. The van der Waals surface area contributed by atoms with Crippen LogP contribution in [0.5, 0.6) is 5.75 Å². The maximum Gasteiger partial charge on any atom is 0.433 e. The third kappa shape index (κ3) is 5.26. The Morgan fingerprint density at radius 3 is 2.43 bits per heavy atom. The van der Waals surface area contributed by atoms with Gasteiger partial charge < -0.3 is 9.84 Å². The molecule has 2 aromatic rings. The lowest BCUT2D eigenvalue weighted by Crippen LogP contribution is -2.18. The number of aromatic nitrogens is 1. The number of phenolic OH excluding ortho intramolecular Hbond substituents is 1. The van der Waals surface area contributed by atoms with E-state index in [1.165, 1.54) is 6.20 Å². The van der Waals surface area contributed by atoms with Crippen molar-refractivity contribution < 1.29 is 23.0 Å². The van der Waals surface area contributed by atoms with E-state index in [4.69, 9.17) is 4.74 Å². The molecule has 1 aromatic carbocycles. The molecule has 0 saturated heterocycles. The van der Waals surface area contributed by atoms with Crippen LogP contribution >= 0.6 is 30.1 Å². The first-order valence-corrected chi connectivity index (χ1v) is 11.9. The average molecular weight is 520 g/mol. The molecule has 1 aliphatic heterocycles. The molecule has 3 rings (SSSR count). The van der Waals surface area contributed by atoms with Crippen molar-refractivity contribution in [2.75, 3.05) is 19.0 Å². The standard InChI is InChI=1S/C19H16F3IN2O2S/c20-19(21,22)17-9-14(11-27-7-8-28-23)18(25-17)13-3-6-16(24-10-13)12-1-4-15(26)5-2-12/h1-6,9-10,14,26H,7-8,11H2. The second-order valence-electron chi connectivity index (χ2n) is 6.02. The third-order valence-electron chi connectivity index (χ3n) is 4.07. The lowest BCUT2D eigenvalue weighted by atomic mass is 9.99. The van der Waals surface area contributed by atoms with Gasteiger partial charge in [0, 0.05) is 29.0 Å². The minimum absolute atomic E-state index is 0.134. The van der Waals surface area contributed by atoms with Crippen LogP contribution in [0, 0.1) is 5.92 Å². The molecule has 0 saturated carbocycles. The zero-order valence-corrected chi connectivity index (χ0v) is 17.5. The molecule has 1 atom stereocenters. The van der Waals surface area contributed by atoms with Crippen LogP contribution in [0.2, 0.25) is 0 Å². The fraction of sp³-hybridized carbons (Fsp3) is 0.263. The number of benzene rings is 1. The summed E-state index contributed by atoms with van der Waals surface area (Å²) >= 11 is 2.14. The SMILES string of the molecule is Oc1ccc(-c2ccc(C3=NC(C(F)(F)F)=CC3COCCSI)cn2)cc1. The van der Waals surface area contributed by atoms with E-state index in [2.05, 4.69) is 31.2 Å². The Morgan fingerprint density at radius 2 is 1.82 bits per heavy atom. The first kappa shape index (κ1) is 21.1. The second-order valence-corrected chi connectivity index (χ2v) is 8.52. The van der Waals surface area contributed by atoms with Gasteiger partial charge in [-0.1, -0.05) is 8.93 Å². The molecule has 2 heterocycles. The highest BCUT2D eigenvalue weighted by molar-refractivity contribution is 14.2. The van der Waals surface area contributed by atoms with Gasteiger partial charge in [0.2, 0.25) is 0 Å². The number of halogens is 4. The molecule has 1 unspecified atom stereocenters. The summed E-state index contributed by atoms with van der Waals surface area (Å²) in [5, 5.41) is 9.37. The first-order chi connectivity index (χ1) is 13.4.